The van der Waals surface area contributed by atoms with Crippen LogP contribution >= 0.6 is 27.7 Å². The summed E-state index contributed by atoms with van der Waals surface area (Å²) in [6, 6.07) is 14.5. The van der Waals surface area contributed by atoms with Crippen molar-refractivity contribution >= 4 is 45.2 Å². The second-order valence-corrected chi connectivity index (χ2v) is 8.61. The highest BCUT2D eigenvalue weighted by atomic mass is 79.9. The first-order valence-electron chi connectivity index (χ1n) is 9.29. The molecule has 2 N–H and O–H groups in total. The van der Waals surface area contributed by atoms with Gasteiger partial charge in [0.1, 0.15) is 0 Å². The number of aromatic nitrogens is 3. The molecule has 1 aromatic heterocycles. The molecule has 0 unspecified atom stereocenters. The van der Waals surface area contributed by atoms with Gasteiger partial charge in [-0.15, -0.1) is 10.2 Å². The number of rotatable bonds is 7. The molecule has 7 nitrogen and oxygen atoms in total. The Hall–Kier alpha value is -2.65. The summed E-state index contributed by atoms with van der Waals surface area (Å²) in [7, 11) is 1.82. The Morgan fingerprint density at radius 2 is 1.83 bits per heavy atom. The van der Waals surface area contributed by atoms with Crippen LogP contribution in [-0.4, -0.2) is 32.3 Å². The van der Waals surface area contributed by atoms with E-state index in [1.54, 1.807) is 10.6 Å². The summed E-state index contributed by atoms with van der Waals surface area (Å²) < 4.78 is 2.74. The number of carbonyl (C=O) groups is 2. The lowest BCUT2D eigenvalue weighted by molar-refractivity contribution is -0.113. The average molecular weight is 488 g/mol. The Kier molecular flexibility index (Phi) is 7.28. The first-order valence-corrected chi connectivity index (χ1v) is 11.1. The molecule has 0 saturated carbocycles. The molecule has 2 amide bonds. The van der Waals surface area contributed by atoms with E-state index in [9.17, 15) is 9.59 Å². The predicted molar refractivity (Wildman–Crippen MR) is 122 cm³/mol. The van der Waals surface area contributed by atoms with Crippen LogP contribution < -0.4 is 10.6 Å². The van der Waals surface area contributed by atoms with Crippen molar-refractivity contribution in [3.8, 4) is 0 Å². The van der Waals surface area contributed by atoms with Crippen LogP contribution in [0.5, 0.6) is 0 Å². The van der Waals surface area contributed by atoms with Crippen LogP contribution in [0, 0.1) is 6.92 Å². The van der Waals surface area contributed by atoms with Crippen molar-refractivity contribution < 1.29 is 9.59 Å². The number of nitrogens with zero attached hydrogens (tertiary/aromatic N) is 3. The van der Waals surface area contributed by atoms with E-state index in [0.717, 1.165) is 15.7 Å². The van der Waals surface area contributed by atoms with Crippen LogP contribution in [0.1, 0.15) is 34.7 Å². The number of thioether (sulfide) groups is 1. The maximum Gasteiger partial charge on any atom is 0.252 e. The maximum absolute atomic E-state index is 12.5. The quantitative estimate of drug-likeness (QED) is 0.489. The molecule has 0 bridgehead atoms. The van der Waals surface area contributed by atoms with Gasteiger partial charge in [-0.1, -0.05) is 45.9 Å². The minimum absolute atomic E-state index is 0.132. The van der Waals surface area contributed by atoms with Gasteiger partial charge in [-0.05, 0) is 49.7 Å². The third kappa shape index (κ3) is 5.48. The summed E-state index contributed by atoms with van der Waals surface area (Å²) in [5.74, 6) is 0.527. The van der Waals surface area contributed by atoms with Gasteiger partial charge in [-0.25, -0.2) is 0 Å². The van der Waals surface area contributed by atoms with Crippen LogP contribution in [-0.2, 0) is 11.8 Å². The molecule has 0 spiro atoms. The van der Waals surface area contributed by atoms with Crippen molar-refractivity contribution in [2.24, 2.45) is 7.05 Å². The van der Waals surface area contributed by atoms with Crippen molar-refractivity contribution in [2.45, 2.75) is 25.0 Å². The number of anilines is 1. The lowest BCUT2D eigenvalue weighted by atomic mass is 10.1. The molecule has 9 heteroatoms. The third-order valence-corrected chi connectivity index (χ3v) is 6.00. The van der Waals surface area contributed by atoms with Gasteiger partial charge < -0.3 is 15.2 Å². The first-order chi connectivity index (χ1) is 14.3. The predicted octanol–water partition coefficient (Wildman–Crippen LogP) is 4.11. The Balaban J connectivity index is 1.58. The summed E-state index contributed by atoms with van der Waals surface area (Å²) in [4.78, 5) is 24.7. The minimum Gasteiger partial charge on any atom is -0.342 e. The summed E-state index contributed by atoms with van der Waals surface area (Å²) in [5, 5.41) is 14.8. The topological polar surface area (TPSA) is 88.9 Å². The molecule has 2 aromatic carbocycles. The van der Waals surface area contributed by atoms with Crippen molar-refractivity contribution in [1.29, 1.82) is 0 Å². The summed E-state index contributed by atoms with van der Waals surface area (Å²) in [6.45, 7) is 3.75. The summed E-state index contributed by atoms with van der Waals surface area (Å²) >= 11 is 4.65. The van der Waals surface area contributed by atoms with Crippen molar-refractivity contribution in [1.82, 2.24) is 20.1 Å². The van der Waals surface area contributed by atoms with E-state index in [2.05, 4.69) is 36.8 Å². The number of benzene rings is 2. The molecule has 0 aliphatic rings. The number of halogens is 1. The van der Waals surface area contributed by atoms with Crippen molar-refractivity contribution in [3.05, 3.63) is 70.0 Å². The SMILES string of the molecule is Cc1ccccc1C(=O)N[C@H](C)c1nnc(SCC(=O)Nc2ccc(Br)cc2)n1C. The highest BCUT2D eigenvalue weighted by Gasteiger charge is 2.19. The van der Waals surface area contributed by atoms with Gasteiger partial charge in [0.15, 0.2) is 11.0 Å². The molecule has 0 saturated heterocycles. The molecule has 156 valence electrons. The zero-order chi connectivity index (χ0) is 21.7. The van der Waals surface area contributed by atoms with Crippen molar-refractivity contribution in [3.63, 3.8) is 0 Å². The first kappa shape index (κ1) is 22.0. The molecular formula is C21H22BrN5O2S. The van der Waals surface area contributed by atoms with Gasteiger partial charge in [0.05, 0.1) is 11.8 Å². The second kappa shape index (κ2) is 9.90. The van der Waals surface area contributed by atoms with E-state index < -0.39 is 0 Å². The zero-order valence-corrected chi connectivity index (χ0v) is 19.3. The summed E-state index contributed by atoms with van der Waals surface area (Å²) in [5.41, 5.74) is 2.27. The Bertz CT molecular complexity index is 1050. The molecule has 3 rings (SSSR count). The van der Waals surface area contributed by atoms with Gasteiger partial charge in [0.2, 0.25) is 5.91 Å². The maximum atomic E-state index is 12.5. The van der Waals surface area contributed by atoms with E-state index in [-0.39, 0.29) is 23.6 Å². The van der Waals surface area contributed by atoms with Crippen LogP contribution in [0.2, 0.25) is 0 Å². The van der Waals surface area contributed by atoms with Gasteiger partial charge in [-0.3, -0.25) is 9.59 Å². The molecule has 1 atom stereocenters. The number of nitrogens with one attached hydrogen (secondary N) is 2. The lowest BCUT2D eigenvalue weighted by Crippen LogP contribution is -2.29. The minimum atomic E-state index is -0.333. The monoisotopic (exact) mass is 487 g/mol. The Labute approximate surface area is 187 Å². The standard InChI is InChI=1S/C21H22BrN5O2S/c1-13-6-4-5-7-17(13)20(29)23-14(2)19-25-26-21(27(19)3)30-12-18(28)24-16-10-8-15(22)9-11-16/h4-11,14H,12H2,1-3H3,(H,23,29)(H,24,28)/t14-/m1/s1. The highest BCUT2D eigenvalue weighted by Crippen LogP contribution is 2.20. The van der Waals surface area contributed by atoms with Crippen LogP contribution in [0.15, 0.2) is 58.2 Å². The van der Waals surface area contributed by atoms with E-state index in [4.69, 9.17) is 0 Å². The number of hydrogen-bond donors (Lipinski definition) is 2. The van der Waals surface area contributed by atoms with Crippen LogP contribution in [0.25, 0.3) is 0 Å². The largest absolute Gasteiger partial charge is 0.342 e. The zero-order valence-electron chi connectivity index (χ0n) is 16.8. The Morgan fingerprint density at radius 1 is 1.13 bits per heavy atom. The van der Waals surface area contributed by atoms with Gasteiger partial charge in [-0.2, -0.15) is 0 Å². The molecule has 30 heavy (non-hydrogen) atoms. The van der Waals surface area contributed by atoms with Crippen LogP contribution in [0.4, 0.5) is 5.69 Å². The average Bonchev–Trinajstić information content (AvgIpc) is 3.09. The van der Waals surface area contributed by atoms with Gasteiger partial charge in [0.25, 0.3) is 5.91 Å². The fourth-order valence-corrected chi connectivity index (χ4v) is 3.84. The molecule has 0 aliphatic carbocycles. The molecular weight excluding hydrogens is 466 g/mol. The molecule has 0 radical (unpaired) electrons. The summed E-state index contributed by atoms with van der Waals surface area (Å²) in [6.07, 6.45) is 0. The fraction of sp³-hybridized carbons (Fsp3) is 0.238. The molecule has 0 aliphatic heterocycles. The number of aryl methyl sites for hydroxylation is 1. The van der Waals surface area contributed by atoms with Gasteiger partial charge >= 0.3 is 0 Å². The van der Waals surface area contributed by atoms with Gasteiger partial charge in [0, 0.05) is 22.8 Å². The number of hydrogen-bond acceptors (Lipinski definition) is 5. The molecule has 3 aromatic rings. The van der Waals surface area contributed by atoms with Crippen molar-refractivity contribution in [2.75, 3.05) is 11.1 Å². The van der Waals surface area contributed by atoms with E-state index in [1.165, 1.54) is 11.8 Å². The number of amides is 2. The van der Waals surface area contributed by atoms with E-state index in [0.29, 0.717) is 16.5 Å². The lowest BCUT2D eigenvalue weighted by Gasteiger charge is -2.14. The van der Waals surface area contributed by atoms with E-state index in [1.807, 2.05) is 63.4 Å². The normalized spacial score (nSPS) is 11.7. The molecule has 0 fully saturated rings. The smallest absolute Gasteiger partial charge is 0.252 e. The molecule has 1 heterocycles. The highest BCUT2D eigenvalue weighted by molar-refractivity contribution is 9.10. The second-order valence-electron chi connectivity index (χ2n) is 6.75. The van der Waals surface area contributed by atoms with E-state index >= 15 is 0 Å². The Morgan fingerprint density at radius 3 is 2.53 bits per heavy atom. The fourth-order valence-electron chi connectivity index (χ4n) is 2.86. The van der Waals surface area contributed by atoms with Crippen LogP contribution in [0.3, 0.4) is 0 Å². The number of carbonyl (C=O) groups excluding carboxylic acids is 2. The third-order valence-electron chi connectivity index (χ3n) is 4.45.